The molecule has 16 heavy (non-hydrogen) atoms. The third-order valence-electron chi connectivity index (χ3n) is 2.77. The van der Waals surface area contributed by atoms with Gasteiger partial charge in [0.1, 0.15) is 11.6 Å². The fourth-order valence-electron chi connectivity index (χ4n) is 1.80. The van der Waals surface area contributed by atoms with E-state index in [2.05, 4.69) is 6.58 Å². The number of phenolic OH excluding ortho intramolecular Hbond substituents is 1. The number of aromatic hydroxyl groups is 1. The second kappa shape index (κ2) is 3.63. The average Bonchev–Trinajstić information content (AvgIpc) is 2.56. The SMILES string of the molecule is C=C(CC)N1Cc2c(O)cc(F)cc2C1=O. The van der Waals surface area contributed by atoms with Crippen molar-refractivity contribution in [2.45, 2.75) is 19.9 Å². The number of rotatable bonds is 2. The van der Waals surface area contributed by atoms with E-state index in [-0.39, 0.29) is 23.8 Å². The summed E-state index contributed by atoms with van der Waals surface area (Å²) in [5.41, 5.74) is 1.37. The first-order valence-corrected chi connectivity index (χ1v) is 5.05. The number of amides is 1. The van der Waals surface area contributed by atoms with Crippen molar-refractivity contribution in [2.75, 3.05) is 0 Å². The van der Waals surface area contributed by atoms with E-state index in [1.807, 2.05) is 6.92 Å². The number of nitrogens with zero attached hydrogens (tertiary/aromatic N) is 1. The van der Waals surface area contributed by atoms with Crippen molar-refractivity contribution in [3.63, 3.8) is 0 Å². The zero-order valence-electron chi connectivity index (χ0n) is 8.96. The highest BCUT2D eigenvalue weighted by Crippen LogP contribution is 2.33. The van der Waals surface area contributed by atoms with Crippen LogP contribution in [0.15, 0.2) is 24.4 Å². The van der Waals surface area contributed by atoms with Crippen LogP contribution < -0.4 is 0 Å². The van der Waals surface area contributed by atoms with Crippen LogP contribution in [-0.4, -0.2) is 15.9 Å². The summed E-state index contributed by atoms with van der Waals surface area (Å²) in [6.07, 6.45) is 0.642. The van der Waals surface area contributed by atoms with Gasteiger partial charge in [0, 0.05) is 17.3 Å². The molecular weight excluding hydrogens is 209 g/mol. The number of carbonyl (C=O) groups excluding carboxylic acids is 1. The van der Waals surface area contributed by atoms with Crippen LogP contribution >= 0.6 is 0 Å². The van der Waals surface area contributed by atoms with Crippen LogP contribution in [0.4, 0.5) is 4.39 Å². The summed E-state index contributed by atoms with van der Waals surface area (Å²) in [5.74, 6) is -1.07. The normalized spacial score (nSPS) is 14.1. The summed E-state index contributed by atoms with van der Waals surface area (Å²) in [5, 5.41) is 9.55. The van der Waals surface area contributed by atoms with Gasteiger partial charge in [-0.1, -0.05) is 13.5 Å². The Bertz CT molecular complexity index is 482. The molecule has 1 aliphatic rings. The lowest BCUT2D eigenvalue weighted by Crippen LogP contribution is -2.22. The van der Waals surface area contributed by atoms with Crippen LogP contribution in [-0.2, 0) is 6.54 Å². The van der Waals surface area contributed by atoms with Crippen LogP contribution in [0.5, 0.6) is 5.75 Å². The predicted octanol–water partition coefficient (Wildman–Crippen LogP) is 2.41. The molecule has 1 aliphatic heterocycles. The van der Waals surface area contributed by atoms with E-state index in [9.17, 15) is 14.3 Å². The van der Waals surface area contributed by atoms with Gasteiger partial charge in [-0.25, -0.2) is 4.39 Å². The van der Waals surface area contributed by atoms with E-state index in [1.165, 1.54) is 4.90 Å². The molecule has 84 valence electrons. The highest BCUT2D eigenvalue weighted by atomic mass is 19.1. The monoisotopic (exact) mass is 221 g/mol. The smallest absolute Gasteiger partial charge is 0.258 e. The molecule has 0 bridgehead atoms. The molecule has 0 aromatic heterocycles. The van der Waals surface area contributed by atoms with Gasteiger partial charge in [-0.2, -0.15) is 0 Å². The molecule has 1 N–H and O–H groups in total. The summed E-state index contributed by atoms with van der Waals surface area (Å²) in [6, 6.07) is 2.17. The van der Waals surface area contributed by atoms with Gasteiger partial charge in [-0.15, -0.1) is 0 Å². The van der Waals surface area contributed by atoms with E-state index < -0.39 is 5.82 Å². The highest BCUT2D eigenvalue weighted by molar-refractivity contribution is 6.00. The van der Waals surface area contributed by atoms with Crippen LogP contribution in [0, 0.1) is 5.82 Å². The lowest BCUT2D eigenvalue weighted by molar-refractivity contribution is 0.0823. The second-order valence-electron chi connectivity index (χ2n) is 3.76. The van der Waals surface area contributed by atoms with Crippen LogP contribution in [0.25, 0.3) is 0 Å². The molecule has 0 saturated heterocycles. The maximum Gasteiger partial charge on any atom is 0.258 e. The molecule has 1 aromatic carbocycles. The van der Waals surface area contributed by atoms with Crippen LogP contribution in [0.2, 0.25) is 0 Å². The largest absolute Gasteiger partial charge is 0.507 e. The third-order valence-corrected chi connectivity index (χ3v) is 2.77. The number of fused-ring (bicyclic) bond motifs is 1. The van der Waals surface area contributed by atoms with Crippen molar-refractivity contribution in [1.29, 1.82) is 0 Å². The number of phenols is 1. The lowest BCUT2D eigenvalue weighted by atomic mass is 10.1. The van der Waals surface area contributed by atoms with Crippen molar-refractivity contribution < 1.29 is 14.3 Å². The van der Waals surface area contributed by atoms with Gasteiger partial charge in [-0.05, 0) is 12.5 Å². The van der Waals surface area contributed by atoms with Gasteiger partial charge < -0.3 is 10.0 Å². The first-order valence-electron chi connectivity index (χ1n) is 5.05. The van der Waals surface area contributed by atoms with E-state index in [4.69, 9.17) is 0 Å². The second-order valence-corrected chi connectivity index (χ2v) is 3.76. The molecule has 1 aromatic rings. The molecule has 3 nitrogen and oxygen atoms in total. The predicted molar refractivity (Wildman–Crippen MR) is 57.4 cm³/mol. The number of carbonyl (C=O) groups is 1. The Morgan fingerprint density at radius 2 is 2.31 bits per heavy atom. The minimum atomic E-state index is -0.603. The fraction of sp³-hybridized carbons (Fsp3) is 0.250. The van der Waals surface area contributed by atoms with Crippen molar-refractivity contribution in [1.82, 2.24) is 4.90 Å². The van der Waals surface area contributed by atoms with Crippen molar-refractivity contribution >= 4 is 5.91 Å². The summed E-state index contributed by atoms with van der Waals surface area (Å²) < 4.78 is 13.1. The van der Waals surface area contributed by atoms with E-state index >= 15 is 0 Å². The van der Waals surface area contributed by atoms with Gasteiger partial charge >= 0.3 is 0 Å². The number of benzene rings is 1. The lowest BCUT2D eigenvalue weighted by Gasteiger charge is -2.16. The molecule has 1 heterocycles. The first-order chi connectivity index (χ1) is 7.54. The zero-order valence-corrected chi connectivity index (χ0v) is 8.96. The van der Waals surface area contributed by atoms with E-state index in [0.717, 1.165) is 12.1 Å². The molecule has 0 spiro atoms. The van der Waals surface area contributed by atoms with Crippen molar-refractivity contribution in [3.8, 4) is 5.75 Å². The molecule has 2 rings (SSSR count). The van der Waals surface area contributed by atoms with Gasteiger partial charge in [0.2, 0.25) is 0 Å². The summed E-state index contributed by atoms with van der Waals surface area (Å²) in [4.78, 5) is 13.4. The maximum atomic E-state index is 13.1. The Balaban J connectivity index is 2.46. The summed E-state index contributed by atoms with van der Waals surface area (Å²) in [6.45, 7) is 5.93. The minimum absolute atomic E-state index is 0.172. The minimum Gasteiger partial charge on any atom is -0.507 e. The zero-order chi connectivity index (χ0) is 11.9. The Labute approximate surface area is 92.8 Å². The van der Waals surface area contributed by atoms with E-state index in [0.29, 0.717) is 17.7 Å². The Morgan fingerprint density at radius 1 is 1.62 bits per heavy atom. The maximum absolute atomic E-state index is 13.1. The first kappa shape index (κ1) is 10.7. The number of halogens is 1. The van der Waals surface area contributed by atoms with Gasteiger partial charge in [0.05, 0.1) is 12.1 Å². The highest BCUT2D eigenvalue weighted by Gasteiger charge is 2.31. The molecule has 0 saturated carbocycles. The third kappa shape index (κ3) is 1.46. The molecular formula is C12H12FNO2. The van der Waals surface area contributed by atoms with E-state index in [1.54, 1.807) is 0 Å². The molecule has 0 aliphatic carbocycles. The van der Waals surface area contributed by atoms with Crippen LogP contribution in [0.1, 0.15) is 29.3 Å². The molecule has 1 amide bonds. The van der Waals surface area contributed by atoms with Gasteiger partial charge in [-0.3, -0.25) is 4.79 Å². The molecule has 0 atom stereocenters. The number of hydrogen-bond donors (Lipinski definition) is 1. The van der Waals surface area contributed by atoms with Gasteiger partial charge in [0.25, 0.3) is 5.91 Å². The molecule has 4 heteroatoms. The topological polar surface area (TPSA) is 40.5 Å². The summed E-state index contributed by atoms with van der Waals surface area (Å²) in [7, 11) is 0. The van der Waals surface area contributed by atoms with Crippen LogP contribution in [0.3, 0.4) is 0 Å². The quantitative estimate of drug-likeness (QED) is 0.833. The average molecular weight is 221 g/mol. The van der Waals surface area contributed by atoms with Crippen molar-refractivity contribution in [2.24, 2.45) is 0 Å². The number of hydrogen-bond acceptors (Lipinski definition) is 2. The molecule has 0 fully saturated rings. The molecule has 0 unspecified atom stereocenters. The standard InChI is InChI=1S/C12H12FNO2/c1-3-7(2)14-6-10-9(12(14)16)4-8(13)5-11(10)15/h4-5,15H,2-3,6H2,1H3. The Kier molecular flexibility index (Phi) is 2.42. The van der Waals surface area contributed by atoms with Crippen molar-refractivity contribution in [3.05, 3.63) is 41.4 Å². The molecule has 0 radical (unpaired) electrons. The van der Waals surface area contributed by atoms with Gasteiger partial charge in [0.15, 0.2) is 0 Å². The number of allylic oxidation sites excluding steroid dienone is 1. The Morgan fingerprint density at radius 3 is 2.94 bits per heavy atom. The fourth-order valence-corrected chi connectivity index (χ4v) is 1.80. The summed E-state index contributed by atoms with van der Waals surface area (Å²) >= 11 is 0. The Hall–Kier alpha value is -1.84.